The van der Waals surface area contributed by atoms with Crippen LogP contribution in [0.3, 0.4) is 0 Å². The summed E-state index contributed by atoms with van der Waals surface area (Å²) in [4.78, 5) is 0. The third-order valence-electron chi connectivity index (χ3n) is 7.14. The summed E-state index contributed by atoms with van der Waals surface area (Å²) in [7, 11) is 0. The Hall–Kier alpha value is 0.759. The van der Waals surface area contributed by atoms with Crippen LogP contribution >= 0.6 is 0 Å². The van der Waals surface area contributed by atoms with Gasteiger partial charge in [0.1, 0.15) is 0 Å². The van der Waals surface area contributed by atoms with Crippen LogP contribution in [-0.2, 0) is 0 Å². The van der Waals surface area contributed by atoms with Crippen molar-refractivity contribution < 1.29 is 5.48 Å². The summed E-state index contributed by atoms with van der Waals surface area (Å²) in [5, 5.41) is 0. The minimum absolute atomic E-state index is 0. The Morgan fingerprint density at radius 3 is 1.00 bits per heavy atom. The van der Waals surface area contributed by atoms with Gasteiger partial charge in [-0.2, -0.15) is 0 Å². The van der Waals surface area contributed by atoms with Gasteiger partial charge in [0.25, 0.3) is 0 Å². The van der Waals surface area contributed by atoms with Crippen LogP contribution in [0.1, 0.15) is 96.3 Å². The van der Waals surface area contributed by atoms with Crippen molar-refractivity contribution >= 4 is 19.8 Å². The Balaban J connectivity index is 0.00000192. The predicted molar refractivity (Wildman–Crippen MR) is 102 cm³/mol. The van der Waals surface area contributed by atoms with Crippen molar-refractivity contribution in [3.05, 3.63) is 0 Å². The molecule has 3 aliphatic carbocycles. The molecule has 3 saturated carbocycles. The van der Waals surface area contributed by atoms with Crippen LogP contribution in [-0.4, -0.2) is 25.2 Å². The van der Waals surface area contributed by atoms with E-state index >= 15 is 0 Å². The van der Waals surface area contributed by atoms with Gasteiger partial charge in [0.15, 0.2) is 0 Å². The summed E-state index contributed by atoms with van der Waals surface area (Å²) in [6.45, 7) is 0. The van der Waals surface area contributed by atoms with Crippen LogP contribution in [0, 0.1) is 17.8 Å². The van der Waals surface area contributed by atoms with Gasteiger partial charge in [-0.1, -0.05) is 0 Å². The largest absolute Gasteiger partial charge is 0.870 e. The van der Waals surface area contributed by atoms with Gasteiger partial charge in [0.2, 0.25) is 0 Å². The zero-order valence-corrected chi connectivity index (χ0v) is 18.3. The number of hydrogen-bond donors (Lipinski definition) is 0. The van der Waals surface area contributed by atoms with Crippen molar-refractivity contribution in [3.8, 4) is 0 Å². The molecule has 0 aromatic carbocycles. The molecule has 1 nitrogen and oxygen atoms in total. The molecular formula is C21H40OSn. The molecule has 0 heterocycles. The molecule has 0 aliphatic heterocycles. The van der Waals surface area contributed by atoms with Crippen LogP contribution in [0.2, 0.25) is 13.3 Å². The summed E-state index contributed by atoms with van der Waals surface area (Å²) in [6, 6.07) is 0. The molecule has 3 rings (SSSR count). The Morgan fingerprint density at radius 2 is 0.739 bits per heavy atom. The molecule has 0 unspecified atom stereocenters. The van der Waals surface area contributed by atoms with Gasteiger partial charge in [-0.25, -0.2) is 0 Å². The molecule has 0 radical (unpaired) electrons. The monoisotopic (exact) mass is 428 g/mol. The first-order chi connectivity index (χ1) is 10.9. The van der Waals surface area contributed by atoms with Gasteiger partial charge in [-0.3, -0.25) is 0 Å². The molecule has 3 aliphatic rings. The molecule has 1 N–H and O–H groups in total. The van der Waals surface area contributed by atoms with Crippen molar-refractivity contribution in [2.24, 2.45) is 17.8 Å². The summed E-state index contributed by atoms with van der Waals surface area (Å²) in [5.74, 6) is 3.48. The van der Waals surface area contributed by atoms with Crippen molar-refractivity contribution in [1.29, 1.82) is 0 Å². The van der Waals surface area contributed by atoms with Gasteiger partial charge in [-0.05, 0) is 0 Å². The van der Waals surface area contributed by atoms with E-state index < -0.39 is 19.8 Å². The van der Waals surface area contributed by atoms with Crippen LogP contribution in [0.4, 0.5) is 0 Å². The predicted octanol–water partition coefficient (Wildman–Crippen LogP) is 7.05. The molecule has 0 aromatic heterocycles. The first kappa shape index (κ1) is 20.1. The first-order valence-corrected chi connectivity index (χ1v) is 16.8. The van der Waals surface area contributed by atoms with Gasteiger partial charge in [0, 0.05) is 0 Å². The van der Waals surface area contributed by atoms with E-state index in [1.54, 1.807) is 110 Å². The zero-order valence-electron chi connectivity index (χ0n) is 15.4. The molecule has 0 spiro atoms. The molecular weight excluding hydrogens is 387 g/mol. The molecule has 0 bridgehead atoms. The van der Waals surface area contributed by atoms with Gasteiger partial charge in [0.05, 0.1) is 0 Å². The van der Waals surface area contributed by atoms with E-state index in [4.69, 9.17) is 0 Å². The van der Waals surface area contributed by atoms with Crippen LogP contribution in [0.15, 0.2) is 0 Å². The fourth-order valence-electron chi connectivity index (χ4n) is 5.50. The minimum Gasteiger partial charge on any atom is -0.870 e. The second kappa shape index (κ2) is 11.4. The Morgan fingerprint density at radius 1 is 0.478 bits per heavy atom. The smallest absolute Gasteiger partial charge is 0.870 e. The van der Waals surface area contributed by atoms with Gasteiger partial charge >= 0.3 is 147 Å². The molecule has 0 saturated heterocycles. The average molecular weight is 427 g/mol. The second-order valence-corrected chi connectivity index (χ2v) is 17.4. The van der Waals surface area contributed by atoms with Crippen molar-refractivity contribution in [3.63, 3.8) is 0 Å². The fourth-order valence-corrected chi connectivity index (χ4v) is 14.6. The molecule has 2 heteroatoms. The maximum atomic E-state index is 1.77. The maximum Gasteiger partial charge on any atom is -0.870 e. The Labute approximate surface area is 152 Å². The number of hydrogen-bond acceptors (Lipinski definition) is 1. The molecule has 23 heavy (non-hydrogen) atoms. The average Bonchev–Trinajstić information content (AvgIpc) is 3.29. The minimum atomic E-state index is -1.02. The van der Waals surface area contributed by atoms with E-state index in [1.807, 2.05) is 0 Å². The van der Waals surface area contributed by atoms with Crippen LogP contribution < -0.4 is 0 Å². The fraction of sp³-hybridized carbons (Fsp3) is 1.00. The second-order valence-electron chi connectivity index (χ2n) is 8.82. The summed E-state index contributed by atoms with van der Waals surface area (Å²) in [6.07, 6.45) is 23.8. The van der Waals surface area contributed by atoms with Crippen molar-refractivity contribution in [1.82, 2.24) is 0 Å². The molecule has 0 amide bonds. The van der Waals surface area contributed by atoms with Crippen LogP contribution in [0.5, 0.6) is 0 Å². The first-order valence-electron chi connectivity index (χ1n) is 10.7. The van der Waals surface area contributed by atoms with E-state index in [0.29, 0.717) is 0 Å². The maximum absolute atomic E-state index is 1.77. The van der Waals surface area contributed by atoms with E-state index in [1.165, 1.54) is 0 Å². The molecule has 134 valence electrons. The number of rotatable bonds is 9. The van der Waals surface area contributed by atoms with Gasteiger partial charge in [-0.15, -0.1) is 0 Å². The topological polar surface area (TPSA) is 30.0 Å². The SMILES string of the molecule is C1CCC(C[CH2][Sn+]([CH2]CC2CCCC2)[CH2]CC2CCCC2)C1.[OH-]. The summed E-state index contributed by atoms with van der Waals surface area (Å²) < 4.78 is 5.31. The quantitative estimate of drug-likeness (QED) is 0.363. The normalized spacial score (nSPS) is 23.5. The molecule has 3 fully saturated rings. The zero-order chi connectivity index (χ0) is 15.0. The standard InChI is InChI=1S/3C7H13.H2O.Sn/c3*1-2-7-5-3-4-6-7;;/h3*7H,1-6H2;1H2;/q;;;;+1/p-1. The molecule has 0 aromatic rings. The Kier molecular flexibility index (Phi) is 9.94. The van der Waals surface area contributed by atoms with E-state index in [0.717, 1.165) is 17.8 Å². The third kappa shape index (κ3) is 7.26. The van der Waals surface area contributed by atoms with E-state index in [2.05, 4.69) is 0 Å². The van der Waals surface area contributed by atoms with Crippen LogP contribution in [0.25, 0.3) is 0 Å². The Bertz CT molecular complexity index is 241. The van der Waals surface area contributed by atoms with Crippen molar-refractivity contribution in [2.75, 3.05) is 0 Å². The van der Waals surface area contributed by atoms with E-state index in [-0.39, 0.29) is 5.48 Å². The van der Waals surface area contributed by atoms with Gasteiger partial charge < -0.3 is 5.48 Å². The van der Waals surface area contributed by atoms with E-state index in [9.17, 15) is 0 Å². The third-order valence-corrected chi connectivity index (χ3v) is 15.7. The van der Waals surface area contributed by atoms with Crippen molar-refractivity contribution in [2.45, 2.75) is 110 Å². The summed E-state index contributed by atoms with van der Waals surface area (Å²) >= 11 is -1.02. The summed E-state index contributed by atoms with van der Waals surface area (Å²) in [5.41, 5.74) is 0. The molecule has 0 atom stereocenters.